The van der Waals surface area contributed by atoms with E-state index in [9.17, 15) is 24.0 Å². The van der Waals surface area contributed by atoms with E-state index in [1.54, 1.807) is 22.6 Å². The molecule has 1 atom stereocenters. The number of amides is 3. The minimum Gasteiger partial charge on any atom is -0.335 e. The summed E-state index contributed by atoms with van der Waals surface area (Å²) in [6, 6.07) is 1.22. The SMILES string of the molecule is CCCn1c(C(=O)N2CCC(N3C(=O)CSC3=O)C2)cc2c(=O)n(C)c(=O)n(C)c21. The molecular formula is C19H23N5O5S. The highest BCUT2D eigenvalue weighted by Crippen LogP contribution is 2.27. The number of rotatable bonds is 4. The molecule has 2 saturated heterocycles. The van der Waals surface area contributed by atoms with Crippen LogP contribution in [0.2, 0.25) is 0 Å². The van der Waals surface area contributed by atoms with Crippen LogP contribution in [0.1, 0.15) is 30.3 Å². The Morgan fingerprint density at radius 3 is 2.53 bits per heavy atom. The van der Waals surface area contributed by atoms with Crippen LogP contribution in [0.5, 0.6) is 0 Å². The van der Waals surface area contributed by atoms with Crippen LogP contribution < -0.4 is 11.2 Å². The normalized spacial score (nSPS) is 19.5. The molecule has 10 nitrogen and oxygen atoms in total. The number of aromatic nitrogens is 3. The van der Waals surface area contributed by atoms with Crippen LogP contribution in [-0.2, 0) is 25.4 Å². The van der Waals surface area contributed by atoms with Crippen LogP contribution in [0.25, 0.3) is 11.0 Å². The summed E-state index contributed by atoms with van der Waals surface area (Å²) in [5, 5.41) is 0.0475. The Balaban J connectivity index is 1.73. The summed E-state index contributed by atoms with van der Waals surface area (Å²) in [7, 11) is 2.99. The van der Waals surface area contributed by atoms with Crippen molar-refractivity contribution in [1.29, 1.82) is 0 Å². The Kier molecular flexibility index (Phi) is 5.08. The fraction of sp³-hybridized carbons (Fsp3) is 0.526. The highest BCUT2D eigenvalue weighted by atomic mass is 32.2. The summed E-state index contributed by atoms with van der Waals surface area (Å²) in [4.78, 5) is 65.3. The van der Waals surface area contributed by atoms with Crippen LogP contribution in [0, 0.1) is 0 Å². The van der Waals surface area contributed by atoms with Crippen molar-refractivity contribution >= 4 is 39.8 Å². The number of carbonyl (C=O) groups excluding carboxylic acids is 3. The molecule has 0 N–H and O–H groups in total. The zero-order valence-corrected chi connectivity index (χ0v) is 17.9. The monoisotopic (exact) mass is 433 g/mol. The standard InChI is InChI=1S/C19H23N5O5S/c1-4-6-23-13(8-12-15(23)20(2)18(28)21(3)16(12)26)17(27)22-7-5-11(9-22)24-14(25)10-30-19(24)29/h8,11H,4-7,9-10H2,1-3H3. The summed E-state index contributed by atoms with van der Waals surface area (Å²) >= 11 is 0.985. The van der Waals surface area contributed by atoms with E-state index in [2.05, 4.69) is 0 Å². The molecule has 2 aromatic heterocycles. The maximum Gasteiger partial charge on any atom is 0.332 e. The van der Waals surface area contributed by atoms with Gasteiger partial charge in [0.25, 0.3) is 16.7 Å². The lowest BCUT2D eigenvalue weighted by molar-refractivity contribution is -0.126. The van der Waals surface area contributed by atoms with Crippen molar-refractivity contribution in [2.75, 3.05) is 18.8 Å². The Morgan fingerprint density at radius 2 is 1.90 bits per heavy atom. The Bertz CT molecular complexity index is 1180. The van der Waals surface area contributed by atoms with Gasteiger partial charge in [-0.25, -0.2) is 4.79 Å². The topological polar surface area (TPSA) is 107 Å². The molecule has 1 unspecified atom stereocenters. The van der Waals surface area contributed by atoms with E-state index in [0.717, 1.165) is 16.3 Å². The van der Waals surface area contributed by atoms with Gasteiger partial charge in [-0.15, -0.1) is 0 Å². The van der Waals surface area contributed by atoms with E-state index in [-0.39, 0.29) is 35.4 Å². The third-order valence-corrected chi connectivity index (χ3v) is 6.60. The molecule has 160 valence electrons. The molecule has 0 aromatic carbocycles. The summed E-state index contributed by atoms with van der Waals surface area (Å²) in [6.07, 6.45) is 1.24. The molecule has 2 aliphatic rings. The number of hydrogen-bond acceptors (Lipinski definition) is 6. The number of imide groups is 1. The molecular weight excluding hydrogens is 410 g/mol. The minimum absolute atomic E-state index is 0.144. The van der Waals surface area contributed by atoms with Crippen molar-refractivity contribution in [2.24, 2.45) is 14.1 Å². The van der Waals surface area contributed by atoms with Crippen LogP contribution in [0.15, 0.2) is 15.7 Å². The fourth-order valence-corrected chi connectivity index (χ4v) is 5.06. The number of carbonyl (C=O) groups is 3. The predicted molar refractivity (Wildman–Crippen MR) is 112 cm³/mol. The molecule has 0 bridgehead atoms. The first kappa shape index (κ1) is 20.5. The predicted octanol–water partition coefficient (Wildman–Crippen LogP) is 0.359. The fourth-order valence-electron chi connectivity index (χ4n) is 4.28. The van der Waals surface area contributed by atoms with Crippen LogP contribution in [0.3, 0.4) is 0 Å². The second-order valence-corrected chi connectivity index (χ2v) is 8.56. The Hall–Kier alpha value is -2.82. The smallest absolute Gasteiger partial charge is 0.332 e. The summed E-state index contributed by atoms with van der Waals surface area (Å²) in [6.45, 7) is 3.10. The number of aryl methyl sites for hydroxylation is 2. The van der Waals surface area contributed by atoms with E-state index < -0.39 is 11.2 Å². The first-order valence-electron chi connectivity index (χ1n) is 9.83. The number of hydrogen-bond donors (Lipinski definition) is 0. The molecule has 3 amide bonds. The molecule has 4 heterocycles. The highest BCUT2D eigenvalue weighted by molar-refractivity contribution is 8.14. The van der Waals surface area contributed by atoms with E-state index in [0.29, 0.717) is 42.7 Å². The van der Waals surface area contributed by atoms with E-state index >= 15 is 0 Å². The van der Waals surface area contributed by atoms with Gasteiger partial charge in [-0.3, -0.25) is 33.2 Å². The second kappa shape index (κ2) is 7.46. The summed E-state index contributed by atoms with van der Waals surface area (Å²) in [5.74, 6) is -0.350. The number of thioether (sulfide) groups is 1. The number of likely N-dealkylation sites (tertiary alicyclic amines) is 1. The first-order valence-corrected chi connectivity index (χ1v) is 10.8. The van der Waals surface area contributed by atoms with Crippen molar-refractivity contribution in [1.82, 2.24) is 23.5 Å². The average molecular weight is 433 g/mol. The van der Waals surface area contributed by atoms with Gasteiger partial charge >= 0.3 is 5.69 Å². The molecule has 4 rings (SSSR count). The third kappa shape index (κ3) is 2.99. The maximum absolute atomic E-state index is 13.3. The zero-order valence-electron chi connectivity index (χ0n) is 17.1. The van der Waals surface area contributed by atoms with Gasteiger partial charge in [0, 0.05) is 33.7 Å². The van der Waals surface area contributed by atoms with Crippen molar-refractivity contribution in [3.63, 3.8) is 0 Å². The Morgan fingerprint density at radius 1 is 1.17 bits per heavy atom. The molecule has 2 fully saturated rings. The molecule has 2 aromatic rings. The zero-order chi connectivity index (χ0) is 21.7. The van der Waals surface area contributed by atoms with Crippen molar-refractivity contribution in [3.05, 3.63) is 32.6 Å². The molecule has 11 heteroatoms. The van der Waals surface area contributed by atoms with E-state index in [1.807, 2.05) is 6.92 Å². The van der Waals surface area contributed by atoms with Crippen LogP contribution in [-0.4, -0.2) is 65.4 Å². The second-order valence-electron chi connectivity index (χ2n) is 7.64. The summed E-state index contributed by atoms with van der Waals surface area (Å²) in [5.41, 5.74) is -0.141. The van der Waals surface area contributed by atoms with E-state index in [1.165, 1.54) is 16.5 Å². The van der Waals surface area contributed by atoms with Crippen molar-refractivity contribution in [2.45, 2.75) is 32.4 Å². The Labute approximate surface area is 176 Å². The summed E-state index contributed by atoms with van der Waals surface area (Å²) < 4.78 is 4.13. The van der Waals surface area contributed by atoms with Gasteiger partial charge in [-0.05, 0) is 18.9 Å². The lowest BCUT2D eigenvalue weighted by Gasteiger charge is -2.22. The van der Waals surface area contributed by atoms with Gasteiger partial charge in [0.15, 0.2) is 0 Å². The lowest BCUT2D eigenvalue weighted by Crippen LogP contribution is -2.41. The molecule has 0 spiro atoms. The van der Waals surface area contributed by atoms with Crippen LogP contribution in [0.4, 0.5) is 4.79 Å². The minimum atomic E-state index is -0.452. The molecule has 0 saturated carbocycles. The van der Waals surface area contributed by atoms with E-state index in [4.69, 9.17) is 0 Å². The number of fused-ring (bicyclic) bond motifs is 1. The third-order valence-electron chi connectivity index (χ3n) is 5.76. The van der Waals surface area contributed by atoms with Gasteiger partial charge < -0.3 is 9.47 Å². The molecule has 2 aliphatic heterocycles. The molecule has 0 aliphatic carbocycles. The van der Waals surface area contributed by atoms with Crippen LogP contribution >= 0.6 is 11.8 Å². The molecule has 0 radical (unpaired) electrons. The molecule has 30 heavy (non-hydrogen) atoms. The van der Waals surface area contributed by atoms with Crippen molar-refractivity contribution in [3.8, 4) is 0 Å². The highest BCUT2D eigenvalue weighted by Gasteiger charge is 2.40. The number of nitrogens with zero attached hydrogens (tertiary/aromatic N) is 5. The van der Waals surface area contributed by atoms with Gasteiger partial charge in [0.1, 0.15) is 11.3 Å². The van der Waals surface area contributed by atoms with Gasteiger partial charge in [-0.2, -0.15) is 0 Å². The maximum atomic E-state index is 13.3. The lowest BCUT2D eigenvalue weighted by atomic mass is 10.2. The largest absolute Gasteiger partial charge is 0.335 e. The van der Waals surface area contributed by atoms with Crippen molar-refractivity contribution < 1.29 is 14.4 Å². The first-order chi connectivity index (χ1) is 14.3. The van der Waals surface area contributed by atoms with Gasteiger partial charge in [-0.1, -0.05) is 18.7 Å². The van der Waals surface area contributed by atoms with Gasteiger partial charge in [0.2, 0.25) is 5.91 Å². The average Bonchev–Trinajstić information content (AvgIpc) is 3.42. The van der Waals surface area contributed by atoms with Gasteiger partial charge in [0.05, 0.1) is 17.2 Å². The quantitative estimate of drug-likeness (QED) is 0.689.